The summed E-state index contributed by atoms with van der Waals surface area (Å²) < 4.78 is 0. The highest BCUT2D eigenvalue weighted by molar-refractivity contribution is 7.16. The molecule has 0 radical (unpaired) electrons. The zero-order valence-corrected chi connectivity index (χ0v) is 13.6. The number of primary amides is 1. The molecule has 0 unspecified atom stereocenters. The van der Waals surface area contributed by atoms with Crippen LogP contribution in [0.5, 0.6) is 0 Å². The number of rotatable bonds is 4. The standard InChI is InChI=1S/C15H15N3O4S/c1-7-4-5-10(18(21)22)6-11(7)14(20)17-15-12(13(16)19)8(2)9(3)23-15/h4-6H,1-3H3,(H2,16,19)(H,17,20). The number of hydrogen-bond donors (Lipinski definition) is 2. The molecule has 0 atom stereocenters. The Bertz CT molecular complexity index is 826. The van der Waals surface area contributed by atoms with Gasteiger partial charge in [-0.15, -0.1) is 11.3 Å². The SMILES string of the molecule is Cc1ccc([N+](=O)[O-])cc1C(=O)Nc1sc(C)c(C)c1C(N)=O. The molecule has 1 aromatic carbocycles. The first-order chi connectivity index (χ1) is 10.7. The summed E-state index contributed by atoms with van der Waals surface area (Å²) in [5, 5.41) is 13.8. The number of hydrogen-bond acceptors (Lipinski definition) is 5. The maximum Gasteiger partial charge on any atom is 0.270 e. The molecule has 1 heterocycles. The highest BCUT2D eigenvalue weighted by Gasteiger charge is 2.21. The van der Waals surface area contributed by atoms with Crippen LogP contribution in [0.2, 0.25) is 0 Å². The lowest BCUT2D eigenvalue weighted by molar-refractivity contribution is -0.384. The molecule has 3 N–H and O–H groups in total. The fourth-order valence-electron chi connectivity index (χ4n) is 2.15. The lowest BCUT2D eigenvalue weighted by Crippen LogP contribution is -2.18. The van der Waals surface area contributed by atoms with Crippen molar-refractivity contribution in [1.29, 1.82) is 0 Å². The molecule has 0 bridgehead atoms. The number of benzene rings is 1. The molecule has 2 aromatic rings. The van der Waals surface area contributed by atoms with Crippen LogP contribution in [0.15, 0.2) is 18.2 Å². The second kappa shape index (κ2) is 6.17. The number of carbonyl (C=O) groups is 2. The van der Waals surface area contributed by atoms with E-state index in [0.29, 0.717) is 16.1 Å². The average Bonchev–Trinajstić information content (AvgIpc) is 2.73. The predicted molar refractivity (Wildman–Crippen MR) is 88.1 cm³/mol. The van der Waals surface area contributed by atoms with Crippen LogP contribution in [0.3, 0.4) is 0 Å². The summed E-state index contributed by atoms with van der Waals surface area (Å²) in [6.45, 7) is 5.25. The van der Waals surface area contributed by atoms with Crippen LogP contribution < -0.4 is 11.1 Å². The summed E-state index contributed by atoms with van der Waals surface area (Å²) in [6.07, 6.45) is 0. The molecule has 0 saturated carbocycles. The first kappa shape index (κ1) is 16.6. The Morgan fingerprint density at radius 3 is 2.48 bits per heavy atom. The number of nitrogens with zero attached hydrogens (tertiary/aromatic N) is 1. The number of nitro groups is 1. The largest absolute Gasteiger partial charge is 0.365 e. The van der Waals surface area contributed by atoms with Gasteiger partial charge in [0.1, 0.15) is 5.00 Å². The van der Waals surface area contributed by atoms with E-state index in [1.807, 2.05) is 6.92 Å². The minimum absolute atomic E-state index is 0.172. The van der Waals surface area contributed by atoms with Gasteiger partial charge in [-0.05, 0) is 31.9 Å². The number of nitrogens with one attached hydrogen (secondary N) is 1. The van der Waals surface area contributed by atoms with E-state index in [0.717, 1.165) is 4.88 Å². The third-order valence-electron chi connectivity index (χ3n) is 3.54. The van der Waals surface area contributed by atoms with Gasteiger partial charge in [0, 0.05) is 22.6 Å². The van der Waals surface area contributed by atoms with Gasteiger partial charge in [-0.3, -0.25) is 19.7 Å². The number of non-ortho nitro benzene ring substituents is 1. The second-order valence-corrected chi connectivity index (χ2v) is 6.29. The third kappa shape index (κ3) is 3.21. The van der Waals surface area contributed by atoms with Gasteiger partial charge >= 0.3 is 0 Å². The minimum atomic E-state index is -0.627. The number of nitrogens with two attached hydrogens (primary N) is 1. The molecule has 2 rings (SSSR count). The zero-order valence-electron chi connectivity index (χ0n) is 12.8. The van der Waals surface area contributed by atoms with Crippen LogP contribution in [0.1, 0.15) is 36.7 Å². The van der Waals surface area contributed by atoms with Crippen molar-refractivity contribution in [3.63, 3.8) is 0 Å². The first-order valence-corrected chi connectivity index (χ1v) is 7.50. The lowest BCUT2D eigenvalue weighted by Gasteiger charge is -2.07. The predicted octanol–water partition coefficient (Wildman–Crippen LogP) is 2.93. The maximum absolute atomic E-state index is 12.4. The number of anilines is 1. The molecule has 120 valence electrons. The molecule has 0 saturated heterocycles. The van der Waals surface area contributed by atoms with Gasteiger partial charge in [-0.1, -0.05) is 6.07 Å². The molecule has 0 fully saturated rings. The van der Waals surface area contributed by atoms with Crippen LogP contribution in [0.4, 0.5) is 10.7 Å². The molecule has 0 aliphatic rings. The van der Waals surface area contributed by atoms with Crippen molar-refractivity contribution in [3.05, 3.63) is 55.4 Å². The van der Waals surface area contributed by atoms with Crippen molar-refractivity contribution in [2.24, 2.45) is 5.73 Å². The molecule has 0 spiro atoms. The van der Waals surface area contributed by atoms with E-state index in [4.69, 9.17) is 5.73 Å². The second-order valence-electron chi connectivity index (χ2n) is 5.06. The van der Waals surface area contributed by atoms with Crippen LogP contribution >= 0.6 is 11.3 Å². The van der Waals surface area contributed by atoms with Gasteiger partial charge in [0.2, 0.25) is 0 Å². The monoisotopic (exact) mass is 333 g/mol. The Morgan fingerprint density at radius 2 is 1.91 bits per heavy atom. The van der Waals surface area contributed by atoms with Crippen molar-refractivity contribution in [2.75, 3.05) is 5.32 Å². The lowest BCUT2D eigenvalue weighted by atomic mass is 10.1. The summed E-state index contributed by atoms with van der Waals surface area (Å²) in [6, 6.07) is 4.05. The Balaban J connectivity index is 2.41. The van der Waals surface area contributed by atoms with Crippen LogP contribution in [0, 0.1) is 30.9 Å². The smallest absolute Gasteiger partial charge is 0.270 e. The van der Waals surface area contributed by atoms with E-state index in [9.17, 15) is 19.7 Å². The van der Waals surface area contributed by atoms with Crippen molar-refractivity contribution in [2.45, 2.75) is 20.8 Å². The van der Waals surface area contributed by atoms with Crippen molar-refractivity contribution < 1.29 is 14.5 Å². The Labute approximate surface area is 136 Å². The number of amides is 2. The van der Waals surface area contributed by atoms with E-state index in [-0.39, 0.29) is 16.8 Å². The zero-order chi connectivity index (χ0) is 17.3. The molecule has 8 heteroatoms. The number of nitro benzene ring substituents is 1. The molecule has 0 aliphatic carbocycles. The van der Waals surface area contributed by atoms with Gasteiger partial charge in [0.15, 0.2) is 0 Å². The molecular formula is C15H15N3O4S. The molecular weight excluding hydrogens is 318 g/mol. The molecule has 23 heavy (non-hydrogen) atoms. The molecule has 0 aliphatic heterocycles. The van der Waals surface area contributed by atoms with Gasteiger partial charge < -0.3 is 11.1 Å². The number of thiophene rings is 1. The average molecular weight is 333 g/mol. The highest BCUT2D eigenvalue weighted by Crippen LogP contribution is 2.32. The van der Waals surface area contributed by atoms with Crippen LogP contribution in [0.25, 0.3) is 0 Å². The molecule has 2 amide bonds. The quantitative estimate of drug-likeness (QED) is 0.661. The van der Waals surface area contributed by atoms with Gasteiger partial charge in [-0.25, -0.2) is 0 Å². The summed E-state index contributed by atoms with van der Waals surface area (Å²) in [7, 11) is 0. The van der Waals surface area contributed by atoms with E-state index in [1.165, 1.54) is 29.5 Å². The van der Waals surface area contributed by atoms with Gasteiger partial charge in [-0.2, -0.15) is 0 Å². The summed E-state index contributed by atoms with van der Waals surface area (Å²) in [5.41, 5.74) is 6.95. The van der Waals surface area contributed by atoms with E-state index >= 15 is 0 Å². The Kier molecular flexibility index (Phi) is 4.46. The fraction of sp³-hybridized carbons (Fsp3) is 0.200. The summed E-state index contributed by atoms with van der Waals surface area (Å²) in [5.74, 6) is -1.15. The van der Waals surface area contributed by atoms with Gasteiger partial charge in [0.25, 0.3) is 17.5 Å². The molecule has 1 aromatic heterocycles. The van der Waals surface area contributed by atoms with E-state index < -0.39 is 16.7 Å². The fourth-order valence-corrected chi connectivity index (χ4v) is 3.21. The van der Waals surface area contributed by atoms with Crippen LogP contribution in [-0.2, 0) is 0 Å². The van der Waals surface area contributed by atoms with E-state index in [1.54, 1.807) is 13.8 Å². The Hall–Kier alpha value is -2.74. The molecule has 7 nitrogen and oxygen atoms in total. The van der Waals surface area contributed by atoms with Crippen molar-refractivity contribution in [1.82, 2.24) is 0 Å². The van der Waals surface area contributed by atoms with E-state index in [2.05, 4.69) is 5.32 Å². The van der Waals surface area contributed by atoms with Crippen molar-refractivity contribution in [3.8, 4) is 0 Å². The summed E-state index contributed by atoms with van der Waals surface area (Å²) in [4.78, 5) is 35.2. The number of aryl methyl sites for hydroxylation is 2. The third-order valence-corrected chi connectivity index (χ3v) is 4.66. The van der Waals surface area contributed by atoms with Crippen molar-refractivity contribution >= 4 is 33.8 Å². The minimum Gasteiger partial charge on any atom is -0.365 e. The highest BCUT2D eigenvalue weighted by atomic mass is 32.1. The summed E-state index contributed by atoms with van der Waals surface area (Å²) >= 11 is 1.24. The van der Waals surface area contributed by atoms with Gasteiger partial charge in [0.05, 0.1) is 10.5 Å². The Morgan fingerprint density at radius 1 is 1.26 bits per heavy atom. The number of carbonyl (C=O) groups excluding carboxylic acids is 2. The topological polar surface area (TPSA) is 115 Å². The normalized spacial score (nSPS) is 10.4. The maximum atomic E-state index is 12.4. The first-order valence-electron chi connectivity index (χ1n) is 6.68. The van der Waals surface area contributed by atoms with Crippen LogP contribution in [-0.4, -0.2) is 16.7 Å².